The Bertz CT molecular complexity index is 450. The molecule has 3 nitrogen and oxygen atoms in total. The third-order valence-electron chi connectivity index (χ3n) is 2.46. The fraction of sp³-hybridized carbons (Fsp3) is 0.273. The highest BCUT2D eigenvalue weighted by Crippen LogP contribution is 2.23. The number of rotatable bonds is 1. The molecule has 1 fully saturated rings. The minimum atomic E-state index is -0.548. The van der Waals surface area contributed by atoms with Crippen LogP contribution in [0.3, 0.4) is 0 Å². The smallest absolute Gasteiger partial charge is 0.227 e. The Balaban J connectivity index is 2.37. The van der Waals surface area contributed by atoms with E-state index in [4.69, 9.17) is 5.26 Å². The fourth-order valence-electron chi connectivity index (χ4n) is 1.69. The van der Waals surface area contributed by atoms with E-state index in [0.717, 1.165) is 6.42 Å². The van der Waals surface area contributed by atoms with Crippen molar-refractivity contribution in [1.29, 1.82) is 5.26 Å². The first-order valence-corrected chi connectivity index (χ1v) is 4.72. The van der Waals surface area contributed by atoms with Gasteiger partial charge in [-0.05, 0) is 24.6 Å². The molecular formula is C11H9FN2O. The summed E-state index contributed by atoms with van der Waals surface area (Å²) in [6.45, 7) is 0.648. The molecule has 1 heterocycles. The second-order valence-electron chi connectivity index (χ2n) is 3.42. The monoisotopic (exact) mass is 204 g/mol. The van der Waals surface area contributed by atoms with Crippen LogP contribution < -0.4 is 4.90 Å². The number of amides is 1. The van der Waals surface area contributed by atoms with E-state index in [1.54, 1.807) is 11.0 Å². The van der Waals surface area contributed by atoms with Gasteiger partial charge in [0.1, 0.15) is 11.9 Å². The summed E-state index contributed by atoms with van der Waals surface area (Å²) in [5, 5.41) is 8.66. The van der Waals surface area contributed by atoms with Crippen molar-refractivity contribution in [3.8, 4) is 6.07 Å². The lowest BCUT2D eigenvalue weighted by Gasteiger charge is -2.15. The van der Waals surface area contributed by atoms with Crippen LogP contribution in [0.5, 0.6) is 0 Å². The van der Waals surface area contributed by atoms with Crippen LogP contribution in [0.4, 0.5) is 10.1 Å². The van der Waals surface area contributed by atoms with Gasteiger partial charge in [-0.2, -0.15) is 5.26 Å². The Morgan fingerprint density at radius 1 is 1.47 bits per heavy atom. The Morgan fingerprint density at radius 3 is 2.87 bits per heavy atom. The molecule has 2 rings (SSSR count). The molecule has 1 amide bonds. The summed E-state index contributed by atoms with van der Waals surface area (Å²) in [5.41, 5.74) is 0.586. The minimum absolute atomic E-state index is 0.0211. The van der Waals surface area contributed by atoms with Gasteiger partial charge in [-0.1, -0.05) is 0 Å². The molecule has 1 aliphatic heterocycles. The number of hydrogen-bond acceptors (Lipinski definition) is 2. The quantitative estimate of drug-likeness (QED) is 0.700. The minimum Gasteiger partial charge on any atom is -0.312 e. The number of nitriles is 1. The molecule has 15 heavy (non-hydrogen) atoms. The highest BCUT2D eigenvalue weighted by Gasteiger charge is 2.22. The standard InChI is InChI=1S/C11H9FN2O/c12-10-4-3-9(6-8(10)7-13)14-5-1-2-11(14)15/h3-4,6H,1-2,5H2. The van der Waals surface area contributed by atoms with Gasteiger partial charge in [0.25, 0.3) is 0 Å². The predicted octanol–water partition coefficient (Wildman–Crippen LogP) is 1.82. The Labute approximate surface area is 86.7 Å². The molecule has 1 aromatic rings. The molecule has 0 atom stereocenters. The average Bonchev–Trinajstić information content (AvgIpc) is 2.65. The van der Waals surface area contributed by atoms with Crippen LogP contribution in [-0.2, 0) is 4.79 Å². The number of hydrogen-bond donors (Lipinski definition) is 0. The third kappa shape index (κ3) is 1.68. The lowest BCUT2D eigenvalue weighted by atomic mass is 10.2. The largest absolute Gasteiger partial charge is 0.312 e. The van der Waals surface area contributed by atoms with E-state index in [2.05, 4.69) is 0 Å². The van der Waals surface area contributed by atoms with Crippen molar-refractivity contribution < 1.29 is 9.18 Å². The molecule has 0 spiro atoms. The zero-order valence-corrected chi connectivity index (χ0v) is 8.03. The summed E-state index contributed by atoms with van der Waals surface area (Å²) in [6.07, 6.45) is 1.34. The van der Waals surface area contributed by atoms with Crippen LogP contribution in [0.2, 0.25) is 0 Å². The molecule has 0 unspecified atom stereocenters. The maximum Gasteiger partial charge on any atom is 0.227 e. The number of nitrogens with zero attached hydrogens (tertiary/aromatic N) is 2. The summed E-state index contributed by atoms with van der Waals surface area (Å²) in [5.74, 6) is -0.515. The van der Waals surface area contributed by atoms with Crippen molar-refractivity contribution in [3.05, 3.63) is 29.6 Å². The molecular weight excluding hydrogens is 195 g/mol. The second-order valence-corrected chi connectivity index (χ2v) is 3.42. The molecule has 76 valence electrons. The molecule has 0 N–H and O–H groups in total. The van der Waals surface area contributed by atoms with Crippen LogP contribution in [-0.4, -0.2) is 12.5 Å². The first-order valence-electron chi connectivity index (χ1n) is 4.72. The van der Waals surface area contributed by atoms with Crippen LogP contribution in [0.1, 0.15) is 18.4 Å². The average molecular weight is 204 g/mol. The van der Waals surface area contributed by atoms with Crippen molar-refractivity contribution >= 4 is 11.6 Å². The summed E-state index contributed by atoms with van der Waals surface area (Å²) in [6, 6.07) is 5.93. The molecule has 0 radical (unpaired) electrons. The summed E-state index contributed by atoms with van der Waals surface area (Å²) in [4.78, 5) is 13.0. The van der Waals surface area contributed by atoms with Crippen LogP contribution in [0.15, 0.2) is 18.2 Å². The molecule has 1 aliphatic rings. The van der Waals surface area contributed by atoms with E-state index < -0.39 is 5.82 Å². The van der Waals surface area contributed by atoms with Crippen molar-refractivity contribution in [2.24, 2.45) is 0 Å². The molecule has 0 bridgehead atoms. The van der Waals surface area contributed by atoms with Crippen molar-refractivity contribution in [1.82, 2.24) is 0 Å². The molecule has 1 aromatic carbocycles. The van der Waals surface area contributed by atoms with Crippen molar-refractivity contribution in [3.63, 3.8) is 0 Å². The van der Waals surface area contributed by atoms with Gasteiger partial charge in [-0.15, -0.1) is 0 Å². The van der Waals surface area contributed by atoms with Gasteiger partial charge in [0.05, 0.1) is 5.56 Å². The first kappa shape index (κ1) is 9.66. The summed E-state index contributed by atoms with van der Waals surface area (Å²) < 4.78 is 13.0. The number of anilines is 1. The van der Waals surface area contributed by atoms with Crippen LogP contribution in [0.25, 0.3) is 0 Å². The van der Waals surface area contributed by atoms with Crippen LogP contribution in [0, 0.1) is 17.1 Å². The van der Waals surface area contributed by atoms with E-state index >= 15 is 0 Å². The zero-order valence-electron chi connectivity index (χ0n) is 8.03. The fourth-order valence-corrected chi connectivity index (χ4v) is 1.69. The normalized spacial score (nSPS) is 15.5. The molecule has 1 saturated heterocycles. The number of carbonyl (C=O) groups excluding carboxylic acids is 1. The van der Waals surface area contributed by atoms with E-state index in [9.17, 15) is 9.18 Å². The van der Waals surface area contributed by atoms with Gasteiger partial charge >= 0.3 is 0 Å². The van der Waals surface area contributed by atoms with Crippen molar-refractivity contribution in [2.75, 3.05) is 11.4 Å². The third-order valence-corrected chi connectivity index (χ3v) is 2.46. The molecule has 0 aromatic heterocycles. The SMILES string of the molecule is N#Cc1cc(N2CCCC2=O)ccc1F. The highest BCUT2D eigenvalue weighted by atomic mass is 19.1. The summed E-state index contributed by atoms with van der Waals surface area (Å²) in [7, 11) is 0. The Hall–Kier alpha value is -1.89. The maximum absolute atomic E-state index is 13.0. The van der Waals surface area contributed by atoms with Gasteiger partial charge < -0.3 is 4.90 Å². The van der Waals surface area contributed by atoms with Gasteiger partial charge in [-0.25, -0.2) is 4.39 Å². The lowest BCUT2D eigenvalue weighted by molar-refractivity contribution is -0.117. The molecule has 0 aliphatic carbocycles. The highest BCUT2D eigenvalue weighted by molar-refractivity contribution is 5.95. The maximum atomic E-state index is 13.0. The summed E-state index contributed by atoms with van der Waals surface area (Å²) >= 11 is 0. The number of carbonyl (C=O) groups is 1. The van der Waals surface area contributed by atoms with Gasteiger partial charge in [0.2, 0.25) is 5.91 Å². The van der Waals surface area contributed by atoms with Gasteiger partial charge in [-0.3, -0.25) is 4.79 Å². The molecule has 4 heteroatoms. The van der Waals surface area contributed by atoms with E-state index in [0.29, 0.717) is 18.7 Å². The number of halogens is 1. The lowest BCUT2D eigenvalue weighted by Crippen LogP contribution is -2.23. The number of benzene rings is 1. The second kappa shape index (κ2) is 3.70. The van der Waals surface area contributed by atoms with Gasteiger partial charge in [0.15, 0.2) is 0 Å². The zero-order chi connectivity index (χ0) is 10.8. The topological polar surface area (TPSA) is 44.1 Å². The van der Waals surface area contributed by atoms with Gasteiger partial charge in [0, 0.05) is 18.7 Å². The van der Waals surface area contributed by atoms with E-state index in [-0.39, 0.29) is 11.5 Å². The van der Waals surface area contributed by atoms with Crippen LogP contribution >= 0.6 is 0 Å². The Morgan fingerprint density at radius 2 is 2.27 bits per heavy atom. The Kier molecular flexibility index (Phi) is 2.38. The predicted molar refractivity (Wildman–Crippen MR) is 52.7 cm³/mol. The molecule has 0 saturated carbocycles. The van der Waals surface area contributed by atoms with Crippen molar-refractivity contribution in [2.45, 2.75) is 12.8 Å². The van der Waals surface area contributed by atoms with E-state index in [1.807, 2.05) is 0 Å². The van der Waals surface area contributed by atoms with E-state index in [1.165, 1.54) is 18.2 Å². The first-order chi connectivity index (χ1) is 7.22.